The summed E-state index contributed by atoms with van der Waals surface area (Å²) in [7, 11) is 2.24. The molecule has 2 bridgehead atoms. The molecule has 0 aromatic carbocycles. The van der Waals surface area contributed by atoms with Crippen LogP contribution in [0.15, 0.2) is 0 Å². The summed E-state index contributed by atoms with van der Waals surface area (Å²) in [6.45, 7) is 5.04. The Morgan fingerprint density at radius 3 is 2.79 bits per heavy atom. The number of hydrogen-bond acceptors (Lipinski definition) is 3. The zero-order valence-corrected chi connectivity index (χ0v) is 12.3. The van der Waals surface area contributed by atoms with E-state index in [4.69, 9.17) is 0 Å². The Morgan fingerprint density at radius 2 is 2.11 bits per heavy atom. The fraction of sp³-hybridized carbons (Fsp3) is 0.933. The highest BCUT2D eigenvalue weighted by Gasteiger charge is 2.44. The first kappa shape index (κ1) is 13.4. The van der Waals surface area contributed by atoms with Crippen LogP contribution in [-0.2, 0) is 4.79 Å². The van der Waals surface area contributed by atoms with Crippen molar-refractivity contribution in [3.05, 3.63) is 0 Å². The third kappa shape index (κ3) is 2.19. The third-order valence-electron chi connectivity index (χ3n) is 5.69. The topological polar surface area (TPSA) is 35.6 Å². The van der Waals surface area contributed by atoms with Crippen molar-refractivity contribution in [3.63, 3.8) is 0 Å². The quantitative estimate of drug-likeness (QED) is 0.815. The summed E-state index contributed by atoms with van der Waals surface area (Å²) < 4.78 is 0. The molecular weight excluding hydrogens is 238 g/mol. The van der Waals surface area contributed by atoms with Crippen molar-refractivity contribution in [2.45, 2.75) is 63.1 Å². The van der Waals surface area contributed by atoms with E-state index in [9.17, 15) is 4.79 Å². The molecule has 0 spiro atoms. The Labute approximate surface area is 116 Å². The van der Waals surface area contributed by atoms with E-state index in [1.165, 1.54) is 12.8 Å². The van der Waals surface area contributed by atoms with Crippen molar-refractivity contribution >= 4 is 5.91 Å². The number of hydrogen-bond donors (Lipinski definition) is 1. The maximum Gasteiger partial charge on any atom is 0.242 e. The molecule has 3 saturated heterocycles. The van der Waals surface area contributed by atoms with Gasteiger partial charge in [0.15, 0.2) is 0 Å². The monoisotopic (exact) mass is 265 g/mol. The lowest BCUT2D eigenvalue weighted by molar-refractivity contribution is -0.138. The average Bonchev–Trinajstić information content (AvgIpc) is 2.96. The van der Waals surface area contributed by atoms with Crippen LogP contribution in [0.4, 0.5) is 0 Å². The molecule has 0 saturated carbocycles. The number of likely N-dealkylation sites (N-methyl/N-ethyl adjacent to an activating group) is 1. The molecule has 3 aliphatic heterocycles. The van der Waals surface area contributed by atoms with Gasteiger partial charge in [0.25, 0.3) is 0 Å². The maximum atomic E-state index is 12.9. The van der Waals surface area contributed by atoms with Crippen LogP contribution in [0.2, 0.25) is 0 Å². The van der Waals surface area contributed by atoms with Crippen LogP contribution >= 0.6 is 0 Å². The first-order valence-corrected chi connectivity index (χ1v) is 7.92. The standard InChI is InChI=1S/C15H27N3O/c1-3-15(8-4-9-16-15)14(19)18-10-7-12-5-6-13(11-18)17(12)2/h12-13,16H,3-11H2,1-2H3. The van der Waals surface area contributed by atoms with Gasteiger partial charge in [-0.25, -0.2) is 0 Å². The molecule has 1 amide bonds. The fourth-order valence-electron chi connectivity index (χ4n) is 4.24. The summed E-state index contributed by atoms with van der Waals surface area (Å²) in [4.78, 5) is 17.6. The summed E-state index contributed by atoms with van der Waals surface area (Å²) in [6.07, 6.45) is 6.81. The highest BCUT2D eigenvalue weighted by Crippen LogP contribution is 2.31. The zero-order chi connectivity index (χ0) is 13.5. The summed E-state index contributed by atoms with van der Waals surface area (Å²) in [5.41, 5.74) is -0.248. The van der Waals surface area contributed by atoms with E-state index in [1.54, 1.807) is 0 Å². The largest absolute Gasteiger partial charge is 0.339 e. The van der Waals surface area contributed by atoms with Gasteiger partial charge in [0, 0.05) is 25.2 Å². The van der Waals surface area contributed by atoms with Crippen LogP contribution in [0.5, 0.6) is 0 Å². The van der Waals surface area contributed by atoms with Crippen molar-refractivity contribution in [1.82, 2.24) is 15.1 Å². The van der Waals surface area contributed by atoms with E-state index in [0.29, 0.717) is 18.0 Å². The molecule has 4 nitrogen and oxygen atoms in total. The van der Waals surface area contributed by atoms with Gasteiger partial charge in [0.1, 0.15) is 0 Å². The average molecular weight is 265 g/mol. The summed E-state index contributed by atoms with van der Waals surface area (Å²) in [6, 6.07) is 1.30. The van der Waals surface area contributed by atoms with Gasteiger partial charge in [-0.2, -0.15) is 0 Å². The molecule has 3 rings (SSSR count). The number of carbonyl (C=O) groups is 1. The predicted octanol–water partition coefficient (Wildman–Crippen LogP) is 1.21. The van der Waals surface area contributed by atoms with Gasteiger partial charge < -0.3 is 10.2 Å². The molecular formula is C15H27N3O. The molecule has 3 aliphatic rings. The highest BCUT2D eigenvalue weighted by molar-refractivity contribution is 5.86. The first-order valence-electron chi connectivity index (χ1n) is 7.92. The maximum absolute atomic E-state index is 12.9. The molecule has 0 aromatic heterocycles. The fourth-order valence-corrected chi connectivity index (χ4v) is 4.24. The van der Waals surface area contributed by atoms with Gasteiger partial charge in [-0.1, -0.05) is 6.92 Å². The normalized spacial score (nSPS) is 39.6. The lowest BCUT2D eigenvalue weighted by Gasteiger charge is -2.35. The van der Waals surface area contributed by atoms with Gasteiger partial charge in [-0.05, 0) is 52.1 Å². The number of fused-ring (bicyclic) bond motifs is 2. The number of carbonyl (C=O) groups excluding carboxylic acids is 1. The molecule has 0 aliphatic carbocycles. The second kappa shape index (κ2) is 5.06. The van der Waals surface area contributed by atoms with Crippen LogP contribution in [0.25, 0.3) is 0 Å². The molecule has 3 fully saturated rings. The van der Waals surface area contributed by atoms with Crippen molar-refractivity contribution in [2.24, 2.45) is 0 Å². The molecule has 0 radical (unpaired) electrons. The van der Waals surface area contributed by atoms with E-state index in [1.807, 2.05) is 0 Å². The Morgan fingerprint density at radius 1 is 1.32 bits per heavy atom. The SMILES string of the molecule is CCC1(C(=O)N2CCC3CCC(C2)N3C)CCCN1. The van der Waals surface area contributed by atoms with Gasteiger partial charge in [-0.3, -0.25) is 9.69 Å². The second-order valence-electron chi connectivity index (χ2n) is 6.56. The van der Waals surface area contributed by atoms with Crippen molar-refractivity contribution < 1.29 is 4.79 Å². The molecule has 1 N–H and O–H groups in total. The summed E-state index contributed by atoms with van der Waals surface area (Å²) in [5.74, 6) is 0.369. The molecule has 3 atom stereocenters. The van der Waals surface area contributed by atoms with Crippen molar-refractivity contribution in [3.8, 4) is 0 Å². The number of rotatable bonds is 2. The molecule has 19 heavy (non-hydrogen) atoms. The van der Waals surface area contributed by atoms with E-state index < -0.39 is 0 Å². The molecule has 3 heterocycles. The Bertz CT molecular complexity index is 351. The van der Waals surface area contributed by atoms with Crippen molar-refractivity contribution in [1.29, 1.82) is 0 Å². The minimum atomic E-state index is -0.248. The van der Waals surface area contributed by atoms with Gasteiger partial charge >= 0.3 is 0 Å². The van der Waals surface area contributed by atoms with E-state index in [0.717, 1.165) is 45.3 Å². The van der Waals surface area contributed by atoms with Crippen LogP contribution in [0, 0.1) is 0 Å². The Balaban J connectivity index is 1.73. The number of nitrogens with one attached hydrogen (secondary N) is 1. The van der Waals surface area contributed by atoms with Crippen LogP contribution in [0.3, 0.4) is 0 Å². The highest BCUT2D eigenvalue weighted by atomic mass is 16.2. The number of amides is 1. The van der Waals surface area contributed by atoms with E-state index in [2.05, 4.69) is 29.1 Å². The minimum absolute atomic E-state index is 0.248. The second-order valence-corrected chi connectivity index (χ2v) is 6.56. The lowest BCUT2D eigenvalue weighted by atomic mass is 9.91. The molecule has 0 aromatic rings. The molecule has 108 valence electrons. The lowest BCUT2D eigenvalue weighted by Crippen LogP contribution is -2.56. The Hall–Kier alpha value is -0.610. The summed E-state index contributed by atoms with van der Waals surface area (Å²) in [5, 5.41) is 3.49. The zero-order valence-electron chi connectivity index (χ0n) is 12.3. The van der Waals surface area contributed by atoms with Gasteiger partial charge in [0.05, 0.1) is 5.54 Å². The Kier molecular flexibility index (Phi) is 3.56. The summed E-state index contributed by atoms with van der Waals surface area (Å²) >= 11 is 0. The molecule has 4 heteroatoms. The van der Waals surface area contributed by atoms with Crippen LogP contribution in [0.1, 0.15) is 45.4 Å². The van der Waals surface area contributed by atoms with Crippen molar-refractivity contribution in [2.75, 3.05) is 26.7 Å². The van der Waals surface area contributed by atoms with Crippen LogP contribution in [-0.4, -0.2) is 60.0 Å². The predicted molar refractivity (Wildman–Crippen MR) is 76.0 cm³/mol. The number of likely N-dealkylation sites (tertiary alicyclic amines) is 1. The first-order chi connectivity index (χ1) is 9.16. The van der Waals surface area contributed by atoms with Gasteiger partial charge in [0.2, 0.25) is 5.91 Å². The van der Waals surface area contributed by atoms with E-state index >= 15 is 0 Å². The molecule has 3 unspecified atom stereocenters. The minimum Gasteiger partial charge on any atom is -0.339 e. The van der Waals surface area contributed by atoms with E-state index in [-0.39, 0.29) is 5.54 Å². The number of nitrogens with zero attached hydrogens (tertiary/aromatic N) is 2. The third-order valence-corrected chi connectivity index (χ3v) is 5.69. The smallest absolute Gasteiger partial charge is 0.242 e. The van der Waals surface area contributed by atoms with Gasteiger partial charge in [-0.15, -0.1) is 0 Å². The van der Waals surface area contributed by atoms with Crippen LogP contribution < -0.4 is 5.32 Å².